The molecular formula is C11H8N4O2. The van der Waals surface area contributed by atoms with Gasteiger partial charge in [-0.15, -0.1) is 0 Å². The van der Waals surface area contributed by atoms with E-state index < -0.39 is 4.92 Å². The molecule has 0 radical (unpaired) electrons. The first-order valence-electron chi connectivity index (χ1n) is 5.05. The predicted octanol–water partition coefficient (Wildman–Crippen LogP) is 2.10. The average Bonchev–Trinajstić information content (AvgIpc) is 2.69. The number of nitro groups is 1. The first-order valence-corrected chi connectivity index (χ1v) is 5.05. The minimum absolute atomic E-state index is 0.0416. The Balaban J connectivity index is 2.45. The summed E-state index contributed by atoms with van der Waals surface area (Å²) in [7, 11) is 0. The van der Waals surface area contributed by atoms with Crippen molar-refractivity contribution in [3.63, 3.8) is 0 Å². The van der Waals surface area contributed by atoms with E-state index in [-0.39, 0.29) is 5.69 Å². The topological polar surface area (TPSA) is 73.3 Å². The monoisotopic (exact) mass is 228 g/mol. The zero-order chi connectivity index (χ0) is 12.0. The van der Waals surface area contributed by atoms with Gasteiger partial charge in [0.2, 0.25) is 0 Å². The smallest absolute Gasteiger partial charge is 0.258 e. The number of rotatable bonds is 1. The minimum atomic E-state index is -0.422. The number of hydrogen-bond donors (Lipinski definition) is 0. The lowest BCUT2D eigenvalue weighted by Gasteiger charge is -2.00. The minimum Gasteiger partial charge on any atom is -0.258 e. The average molecular weight is 228 g/mol. The Bertz CT molecular complexity index is 748. The van der Waals surface area contributed by atoms with Crippen molar-refractivity contribution < 1.29 is 4.92 Å². The summed E-state index contributed by atoms with van der Waals surface area (Å²) < 4.78 is 1.67. The summed E-state index contributed by atoms with van der Waals surface area (Å²) >= 11 is 0. The van der Waals surface area contributed by atoms with Crippen molar-refractivity contribution >= 4 is 22.2 Å². The molecule has 0 spiro atoms. The normalized spacial score (nSPS) is 11.1. The molecule has 6 heteroatoms. The third-order valence-electron chi connectivity index (χ3n) is 2.59. The second-order valence-corrected chi connectivity index (χ2v) is 3.81. The Kier molecular flexibility index (Phi) is 1.85. The van der Waals surface area contributed by atoms with Gasteiger partial charge in [-0.25, -0.2) is 4.52 Å². The van der Waals surface area contributed by atoms with Crippen LogP contribution in [0.5, 0.6) is 0 Å². The molecule has 2 heterocycles. The van der Waals surface area contributed by atoms with Gasteiger partial charge in [0, 0.05) is 12.1 Å². The van der Waals surface area contributed by atoms with Gasteiger partial charge < -0.3 is 0 Å². The highest BCUT2D eigenvalue weighted by atomic mass is 16.6. The fourth-order valence-electron chi connectivity index (χ4n) is 1.84. The van der Waals surface area contributed by atoms with Gasteiger partial charge >= 0.3 is 0 Å². The zero-order valence-electron chi connectivity index (χ0n) is 8.99. The van der Waals surface area contributed by atoms with Crippen LogP contribution < -0.4 is 0 Å². The maximum absolute atomic E-state index is 10.7. The molecule has 17 heavy (non-hydrogen) atoms. The molecule has 0 fully saturated rings. The molecule has 0 unspecified atom stereocenters. The van der Waals surface area contributed by atoms with Crippen LogP contribution in [0.15, 0.2) is 30.5 Å². The standard InChI is InChI=1S/C11H8N4O2/c1-7-4-9-6-12-10-3-2-8(15(16)17)5-11(10)14(9)13-7/h2-6H,1H3. The van der Waals surface area contributed by atoms with Crippen LogP contribution in [0.1, 0.15) is 5.69 Å². The van der Waals surface area contributed by atoms with Crippen LogP contribution in [0, 0.1) is 17.0 Å². The molecule has 6 nitrogen and oxygen atoms in total. The number of benzene rings is 1. The van der Waals surface area contributed by atoms with Gasteiger partial charge in [-0.2, -0.15) is 5.10 Å². The van der Waals surface area contributed by atoms with Crippen LogP contribution in [0.4, 0.5) is 5.69 Å². The summed E-state index contributed by atoms with van der Waals surface area (Å²) in [6.45, 7) is 1.87. The van der Waals surface area contributed by atoms with Crippen molar-refractivity contribution in [3.05, 3.63) is 46.3 Å². The second-order valence-electron chi connectivity index (χ2n) is 3.81. The Hall–Kier alpha value is -2.50. The maximum atomic E-state index is 10.7. The Morgan fingerprint density at radius 3 is 2.94 bits per heavy atom. The first kappa shape index (κ1) is 9.71. The number of aryl methyl sites for hydroxylation is 1. The first-order chi connectivity index (χ1) is 8.15. The molecule has 0 amide bonds. The highest BCUT2D eigenvalue weighted by Gasteiger charge is 2.10. The van der Waals surface area contributed by atoms with E-state index in [2.05, 4.69) is 10.1 Å². The summed E-state index contributed by atoms with van der Waals surface area (Å²) in [6.07, 6.45) is 1.70. The van der Waals surface area contributed by atoms with Gasteiger partial charge in [0.1, 0.15) is 0 Å². The van der Waals surface area contributed by atoms with Crippen LogP contribution in [0.2, 0.25) is 0 Å². The van der Waals surface area contributed by atoms with E-state index in [1.54, 1.807) is 16.8 Å². The van der Waals surface area contributed by atoms with E-state index in [4.69, 9.17) is 0 Å². The van der Waals surface area contributed by atoms with Crippen molar-refractivity contribution in [2.24, 2.45) is 0 Å². The van der Waals surface area contributed by atoms with Crippen molar-refractivity contribution in [2.75, 3.05) is 0 Å². The number of aromatic nitrogens is 3. The predicted molar refractivity (Wildman–Crippen MR) is 61.9 cm³/mol. The Morgan fingerprint density at radius 2 is 2.18 bits per heavy atom. The van der Waals surface area contributed by atoms with Crippen LogP contribution in [-0.2, 0) is 0 Å². The molecule has 0 saturated carbocycles. The summed E-state index contributed by atoms with van der Waals surface area (Å²) in [5, 5.41) is 15.0. The van der Waals surface area contributed by atoms with Crippen LogP contribution in [0.3, 0.4) is 0 Å². The number of nitro benzene ring substituents is 1. The van der Waals surface area contributed by atoms with Crippen LogP contribution in [-0.4, -0.2) is 19.5 Å². The summed E-state index contributed by atoms with van der Waals surface area (Å²) in [5.41, 5.74) is 3.05. The number of fused-ring (bicyclic) bond motifs is 3. The molecule has 0 aliphatic heterocycles. The van der Waals surface area contributed by atoms with Crippen molar-refractivity contribution in [2.45, 2.75) is 6.92 Å². The molecule has 3 aromatic rings. The SMILES string of the molecule is Cc1cc2cnc3ccc([N+](=O)[O-])cc3n2n1. The number of nitrogens with zero attached hydrogens (tertiary/aromatic N) is 4. The van der Waals surface area contributed by atoms with E-state index in [1.807, 2.05) is 13.0 Å². The third kappa shape index (κ3) is 1.42. The molecule has 0 aliphatic rings. The van der Waals surface area contributed by atoms with Crippen LogP contribution >= 0.6 is 0 Å². The van der Waals surface area contributed by atoms with Gasteiger partial charge in [-0.3, -0.25) is 15.1 Å². The molecule has 0 saturated heterocycles. The van der Waals surface area contributed by atoms with Gasteiger partial charge in [-0.05, 0) is 19.1 Å². The van der Waals surface area contributed by atoms with Crippen molar-refractivity contribution in [3.8, 4) is 0 Å². The molecule has 0 N–H and O–H groups in total. The van der Waals surface area contributed by atoms with E-state index in [1.165, 1.54) is 12.1 Å². The highest BCUT2D eigenvalue weighted by molar-refractivity contribution is 5.80. The Morgan fingerprint density at radius 1 is 1.35 bits per heavy atom. The van der Waals surface area contributed by atoms with Gasteiger partial charge in [0.15, 0.2) is 0 Å². The van der Waals surface area contributed by atoms with E-state index in [0.29, 0.717) is 11.0 Å². The Labute approximate surface area is 95.7 Å². The number of non-ortho nitro benzene ring substituents is 1. The van der Waals surface area contributed by atoms with Crippen molar-refractivity contribution in [1.29, 1.82) is 0 Å². The van der Waals surface area contributed by atoms with Crippen molar-refractivity contribution in [1.82, 2.24) is 14.6 Å². The molecule has 3 rings (SSSR count). The van der Waals surface area contributed by atoms with E-state index >= 15 is 0 Å². The molecule has 84 valence electrons. The molecule has 0 bridgehead atoms. The maximum Gasteiger partial charge on any atom is 0.271 e. The zero-order valence-corrected chi connectivity index (χ0v) is 8.99. The largest absolute Gasteiger partial charge is 0.271 e. The molecule has 2 aromatic heterocycles. The van der Waals surface area contributed by atoms with Crippen LogP contribution in [0.25, 0.3) is 16.6 Å². The molecular weight excluding hydrogens is 220 g/mol. The number of hydrogen-bond acceptors (Lipinski definition) is 4. The van der Waals surface area contributed by atoms with Gasteiger partial charge in [0.05, 0.1) is 33.4 Å². The fraction of sp³-hybridized carbons (Fsp3) is 0.0909. The molecule has 1 aromatic carbocycles. The van der Waals surface area contributed by atoms with Gasteiger partial charge in [0.25, 0.3) is 5.69 Å². The third-order valence-corrected chi connectivity index (χ3v) is 2.59. The molecule has 0 atom stereocenters. The lowest BCUT2D eigenvalue weighted by atomic mass is 10.2. The lowest BCUT2D eigenvalue weighted by molar-refractivity contribution is -0.384. The fourth-order valence-corrected chi connectivity index (χ4v) is 1.84. The highest BCUT2D eigenvalue weighted by Crippen LogP contribution is 2.20. The second kappa shape index (κ2) is 3.24. The summed E-state index contributed by atoms with van der Waals surface area (Å²) in [6, 6.07) is 6.44. The van der Waals surface area contributed by atoms with E-state index in [0.717, 1.165) is 11.2 Å². The lowest BCUT2D eigenvalue weighted by Crippen LogP contribution is -1.95. The quantitative estimate of drug-likeness (QED) is 0.472. The summed E-state index contributed by atoms with van der Waals surface area (Å²) in [4.78, 5) is 14.6. The molecule has 0 aliphatic carbocycles. The van der Waals surface area contributed by atoms with E-state index in [9.17, 15) is 10.1 Å². The summed E-state index contributed by atoms with van der Waals surface area (Å²) in [5.74, 6) is 0. The van der Waals surface area contributed by atoms with Gasteiger partial charge in [-0.1, -0.05) is 0 Å².